The summed E-state index contributed by atoms with van der Waals surface area (Å²) in [6.07, 6.45) is 1.69. The van der Waals surface area contributed by atoms with E-state index in [9.17, 15) is 14.0 Å². The van der Waals surface area contributed by atoms with Crippen molar-refractivity contribution in [2.45, 2.75) is 25.8 Å². The fourth-order valence-corrected chi connectivity index (χ4v) is 4.09. The second-order valence-electron chi connectivity index (χ2n) is 7.77. The number of halogens is 1. The summed E-state index contributed by atoms with van der Waals surface area (Å²) in [6.45, 7) is 3.23. The minimum atomic E-state index is -0.251. The van der Waals surface area contributed by atoms with Gasteiger partial charge in [0, 0.05) is 31.7 Å². The summed E-state index contributed by atoms with van der Waals surface area (Å²) in [4.78, 5) is 30.1. The molecule has 1 aliphatic heterocycles. The monoisotopic (exact) mass is 426 g/mol. The SMILES string of the molecule is Cc1ccc(F)c(N2CCCC(NC(=O)c3ccc4c(=O)n(C)c(=S)[nH]c4c3)C2)c1. The van der Waals surface area contributed by atoms with E-state index in [4.69, 9.17) is 12.2 Å². The van der Waals surface area contributed by atoms with E-state index in [2.05, 4.69) is 10.3 Å². The van der Waals surface area contributed by atoms with Crippen molar-refractivity contribution < 1.29 is 9.18 Å². The van der Waals surface area contributed by atoms with Crippen LogP contribution < -0.4 is 15.8 Å². The molecule has 1 aliphatic rings. The third-order valence-corrected chi connectivity index (χ3v) is 5.94. The average molecular weight is 427 g/mol. The van der Waals surface area contributed by atoms with Crippen LogP contribution in [0.2, 0.25) is 0 Å². The second-order valence-corrected chi connectivity index (χ2v) is 8.15. The van der Waals surface area contributed by atoms with Gasteiger partial charge in [-0.05, 0) is 67.9 Å². The molecule has 0 radical (unpaired) electrons. The topological polar surface area (TPSA) is 70.1 Å². The summed E-state index contributed by atoms with van der Waals surface area (Å²) >= 11 is 5.16. The van der Waals surface area contributed by atoms with E-state index in [0.29, 0.717) is 33.5 Å². The molecule has 2 heterocycles. The zero-order chi connectivity index (χ0) is 21.4. The van der Waals surface area contributed by atoms with Crippen LogP contribution in [0.5, 0.6) is 0 Å². The van der Waals surface area contributed by atoms with E-state index in [1.165, 1.54) is 10.6 Å². The number of hydrogen-bond donors (Lipinski definition) is 2. The number of piperidine rings is 1. The largest absolute Gasteiger partial charge is 0.367 e. The number of carbonyl (C=O) groups is 1. The van der Waals surface area contributed by atoms with Gasteiger partial charge < -0.3 is 15.2 Å². The molecule has 0 saturated carbocycles. The number of anilines is 1. The van der Waals surface area contributed by atoms with Crippen LogP contribution in [0.1, 0.15) is 28.8 Å². The lowest BCUT2D eigenvalue weighted by Crippen LogP contribution is -2.48. The second kappa shape index (κ2) is 8.02. The first-order valence-electron chi connectivity index (χ1n) is 9.88. The van der Waals surface area contributed by atoms with E-state index in [-0.39, 0.29) is 23.3 Å². The Balaban J connectivity index is 1.53. The van der Waals surface area contributed by atoms with Gasteiger partial charge in [0.15, 0.2) is 4.77 Å². The number of amides is 1. The number of hydrogen-bond acceptors (Lipinski definition) is 4. The standard InChI is InChI=1S/C22H23FN4O2S/c1-13-5-8-17(23)19(10-13)27-9-3-4-15(12-27)24-20(28)14-6-7-16-18(11-14)25-22(30)26(2)21(16)29/h5-8,10-11,15H,3-4,9,12H2,1-2H3,(H,24,28)(H,25,30). The number of aromatic nitrogens is 2. The number of nitrogens with one attached hydrogen (secondary N) is 2. The lowest BCUT2D eigenvalue weighted by molar-refractivity contribution is 0.0933. The van der Waals surface area contributed by atoms with Crippen molar-refractivity contribution in [1.82, 2.24) is 14.9 Å². The first kappa shape index (κ1) is 20.3. The quantitative estimate of drug-likeness (QED) is 0.630. The maximum Gasteiger partial charge on any atom is 0.261 e. The smallest absolute Gasteiger partial charge is 0.261 e. The molecule has 8 heteroatoms. The molecule has 3 aromatic rings. The molecule has 2 N–H and O–H groups in total. The van der Waals surface area contributed by atoms with Crippen LogP contribution in [-0.2, 0) is 7.05 Å². The fraction of sp³-hybridized carbons (Fsp3) is 0.318. The van der Waals surface area contributed by atoms with Gasteiger partial charge in [0.05, 0.1) is 16.6 Å². The highest BCUT2D eigenvalue weighted by atomic mass is 32.1. The molecule has 30 heavy (non-hydrogen) atoms. The van der Waals surface area contributed by atoms with Crippen molar-refractivity contribution in [3.8, 4) is 0 Å². The van der Waals surface area contributed by atoms with Crippen molar-refractivity contribution in [3.63, 3.8) is 0 Å². The predicted molar refractivity (Wildman–Crippen MR) is 118 cm³/mol. The molecular formula is C22H23FN4O2S. The minimum absolute atomic E-state index is 0.0935. The molecule has 1 unspecified atom stereocenters. The minimum Gasteiger partial charge on any atom is -0.367 e. The number of nitrogens with zero attached hydrogens (tertiary/aromatic N) is 2. The predicted octanol–water partition coefficient (Wildman–Crippen LogP) is 3.44. The molecule has 1 aromatic heterocycles. The zero-order valence-corrected chi connectivity index (χ0v) is 17.7. The van der Waals surface area contributed by atoms with E-state index < -0.39 is 0 Å². The summed E-state index contributed by atoms with van der Waals surface area (Å²) in [5.74, 6) is -0.479. The fourth-order valence-electron chi connectivity index (χ4n) is 3.89. The normalized spacial score (nSPS) is 16.6. The van der Waals surface area contributed by atoms with Gasteiger partial charge in [-0.3, -0.25) is 14.2 Å². The molecule has 6 nitrogen and oxygen atoms in total. The summed E-state index contributed by atoms with van der Waals surface area (Å²) in [7, 11) is 1.60. The first-order valence-corrected chi connectivity index (χ1v) is 10.3. The molecule has 4 rings (SSSR count). The highest BCUT2D eigenvalue weighted by Crippen LogP contribution is 2.24. The molecular weight excluding hydrogens is 403 g/mol. The molecule has 1 amide bonds. The molecule has 2 aromatic carbocycles. The Hall–Kier alpha value is -3.00. The van der Waals surface area contributed by atoms with Crippen molar-refractivity contribution >= 4 is 34.7 Å². The van der Waals surface area contributed by atoms with Gasteiger partial charge in [-0.1, -0.05) is 6.07 Å². The van der Waals surface area contributed by atoms with Crippen LogP contribution in [0.4, 0.5) is 10.1 Å². The van der Waals surface area contributed by atoms with E-state index in [0.717, 1.165) is 24.9 Å². The number of fused-ring (bicyclic) bond motifs is 1. The maximum atomic E-state index is 14.3. The Morgan fingerprint density at radius 3 is 2.87 bits per heavy atom. The van der Waals surface area contributed by atoms with Gasteiger partial charge in [0.2, 0.25) is 0 Å². The van der Waals surface area contributed by atoms with Gasteiger partial charge >= 0.3 is 0 Å². The third kappa shape index (κ3) is 3.87. The van der Waals surface area contributed by atoms with Crippen LogP contribution in [0.15, 0.2) is 41.2 Å². The molecule has 1 fully saturated rings. The number of aryl methyl sites for hydroxylation is 1. The molecule has 1 atom stereocenters. The van der Waals surface area contributed by atoms with Crippen LogP contribution in [0.25, 0.3) is 10.9 Å². The Kier molecular flexibility index (Phi) is 5.42. The molecule has 0 aliphatic carbocycles. The summed E-state index contributed by atoms with van der Waals surface area (Å²) in [6, 6.07) is 9.89. The van der Waals surface area contributed by atoms with Crippen molar-refractivity contribution in [1.29, 1.82) is 0 Å². The van der Waals surface area contributed by atoms with Gasteiger partial charge in [-0.2, -0.15) is 0 Å². The van der Waals surface area contributed by atoms with Crippen molar-refractivity contribution in [2.75, 3.05) is 18.0 Å². The Labute approximate surface area is 178 Å². The van der Waals surface area contributed by atoms with Crippen LogP contribution in [0, 0.1) is 17.5 Å². The van der Waals surface area contributed by atoms with Crippen molar-refractivity contribution in [2.24, 2.45) is 7.05 Å². The first-order chi connectivity index (χ1) is 14.3. The van der Waals surface area contributed by atoms with Crippen LogP contribution >= 0.6 is 12.2 Å². The molecule has 0 bridgehead atoms. The van der Waals surface area contributed by atoms with Crippen LogP contribution in [0.3, 0.4) is 0 Å². The van der Waals surface area contributed by atoms with Gasteiger partial charge in [-0.15, -0.1) is 0 Å². The Morgan fingerprint density at radius 2 is 2.07 bits per heavy atom. The molecule has 156 valence electrons. The number of H-pyrrole nitrogens is 1. The summed E-state index contributed by atoms with van der Waals surface area (Å²) in [5, 5.41) is 3.52. The van der Waals surface area contributed by atoms with Crippen LogP contribution in [-0.4, -0.2) is 34.6 Å². The van der Waals surface area contributed by atoms with Gasteiger partial charge in [0.1, 0.15) is 5.82 Å². The maximum absolute atomic E-state index is 14.3. The lowest BCUT2D eigenvalue weighted by Gasteiger charge is -2.35. The van der Waals surface area contributed by atoms with E-state index in [1.54, 1.807) is 31.3 Å². The van der Waals surface area contributed by atoms with E-state index in [1.807, 2.05) is 17.9 Å². The lowest BCUT2D eigenvalue weighted by atomic mass is 10.0. The number of benzene rings is 2. The van der Waals surface area contributed by atoms with Crippen molar-refractivity contribution in [3.05, 3.63) is 68.5 Å². The van der Waals surface area contributed by atoms with Gasteiger partial charge in [0.25, 0.3) is 11.5 Å². The number of rotatable bonds is 3. The summed E-state index contributed by atoms with van der Waals surface area (Å²) in [5.41, 5.74) is 2.34. The molecule has 0 spiro atoms. The Morgan fingerprint density at radius 1 is 1.27 bits per heavy atom. The third-order valence-electron chi connectivity index (χ3n) is 5.56. The highest BCUT2D eigenvalue weighted by molar-refractivity contribution is 7.71. The van der Waals surface area contributed by atoms with E-state index >= 15 is 0 Å². The summed E-state index contributed by atoms with van der Waals surface area (Å²) < 4.78 is 15.9. The molecule has 1 saturated heterocycles. The highest BCUT2D eigenvalue weighted by Gasteiger charge is 2.24. The Bertz CT molecular complexity index is 1250. The van der Waals surface area contributed by atoms with Gasteiger partial charge in [-0.25, -0.2) is 4.39 Å². The average Bonchev–Trinajstić information content (AvgIpc) is 2.73. The zero-order valence-electron chi connectivity index (χ0n) is 16.9. The number of carbonyl (C=O) groups excluding carboxylic acids is 1. The number of aromatic amines is 1.